The van der Waals surface area contributed by atoms with E-state index in [2.05, 4.69) is 6.58 Å². The summed E-state index contributed by atoms with van der Waals surface area (Å²) in [6.45, 7) is 5.63. The van der Waals surface area contributed by atoms with E-state index < -0.39 is 0 Å². The summed E-state index contributed by atoms with van der Waals surface area (Å²) in [6, 6.07) is 4.21. The molecular formula is C12H17ClFNO. The van der Waals surface area contributed by atoms with Crippen LogP contribution in [0.2, 0.25) is 0 Å². The summed E-state index contributed by atoms with van der Waals surface area (Å²) in [5.74, 6) is 0.313. The van der Waals surface area contributed by atoms with Gasteiger partial charge >= 0.3 is 0 Å². The highest BCUT2D eigenvalue weighted by Crippen LogP contribution is 2.24. The summed E-state index contributed by atoms with van der Waals surface area (Å²) in [5.41, 5.74) is 7.27. The van der Waals surface area contributed by atoms with Crippen LogP contribution in [0.25, 0.3) is 0 Å². The fourth-order valence-corrected chi connectivity index (χ4v) is 1.42. The van der Waals surface area contributed by atoms with E-state index in [-0.39, 0.29) is 24.3 Å². The van der Waals surface area contributed by atoms with Crippen LogP contribution in [-0.2, 0) is 0 Å². The van der Waals surface area contributed by atoms with E-state index in [1.54, 1.807) is 19.2 Å². The van der Waals surface area contributed by atoms with Crippen molar-refractivity contribution in [3.63, 3.8) is 0 Å². The molecule has 1 aromatic carbocycles. The van der Waals surface area contributed by atoms with Gasteiger partial charge < -0.3 is 10.5 Å². The molecule has 1 rings (SSSR count). The zero-order chi connectivity index (χ0) is 11.4. The number of nitrogens with two attached hydrogens (primary N) is 1. The van der Waals surface area contributed by atoms with Crippen molar-refractivity contribution in [2.45, 2.75) is 19.4 Å². The normalized spacial score (nSPS) is 11.5. The van der Waals surface area contributed by atoms with Crippen LogP contribution in [0.1, 0.15) is 24.9 Å². The van der Waals surface area contributed by atoms with Crippen LogP contribution in [0.5, 0.6) is 5.75 Å². The van der Waals surface area contributed by atoms with Crippen molar-refractivity contribution < 1.29 is 9.13 Å². The van der Waals surface area contributed by atoms with Gasteiger partial charge in [0.2, 0.25) is 0 Å². The lowest BCUT2D eigenvalue weighted by Gasteiger charge is -2.13. The molecule has 1 aromatic rings. The van der Waals surface area contributed by atoms with Gasteiger partial charge in [-0.15, -0.1) is 19.0 Å². The summed E-state index contributed by atoms with van der Waals surface area (Å²) in [6.07, 6.45) is 0.573. The zero-order valence-electron chi connectivity index (χ0n) is 9.50. The van der Waals surface area contributed by atoms with Crippen molar-refractivity contribution in [2.75, 3.05) is 7.11 Å². The Kier molecular flexibility index (Phi) is 6.08. The second-order valence-corrected chi connectivity index (χ2v) is 3.66. The molecule has 0 aliphatic heterocycles. The largest absolute Gasteiger partial charge is 0.497 e. The smallest absolute Gasteiger partial charge is 0.128 e. The third-order valence-electron chi connectivity index (χ3n) is 2.17. The van der Waals surface area contributed by atoms with Crippen LogP contribution in [0.15, 0.2) is 30.4 Å². The minimum absolute atomic E-state index is 0. The average Bonchev–Trinajstić information content (AvgIpc) is 2.17. The standard InChI is InChI=1S/C12H16FNO.ClH/c1-8(2)6-12(14)10-7-9(15-3)4-5-11(10)13;/h4-5,7,12H,1,6,14H2,2-3H3;1H/t12-;/m0./s1. The molecule has 0 amide bonds. The number of hydrogen-bond donors (Lipinski definition) is 1. The molecule has 0 saturated heterocycles. The quantitative estimate of drug-likeness (QED) is 0.827. The summed E-state index contributed by atoms with van der Waals surface area (Å²) in [5, 5.41) is 0. The molecule has 2 nitrogen and oxygen atoms in total. The van der Waals surface area contributed by atoms with E-state index in [0.29, 0.717) is 17.7 Å². The zero-order valence-corrected chi connectivity index (χ0v) is 10.3. The topological polar surface area (TPSA) is 35.2 Å². The molecule has 0 heterocycles. The van der Waals surface area contributed by atoms with Crippen LogP contribution in [0.3, 0.4) is 0 Å². The molecule has 0 spiro atoms. The molecule has 2 N–H and O–H groups in total. The summed E-state index contributed by atoms with van der Waals surface area (Å²) in [4.78, 5) is 0. The monoisotopic (exact) mass is 245 g/mol. The Morgan fingerprint density at radius 3 is 2.69 bits per heavy atom. The average molecular weight is 246 g/mol. The molecule has 0 radical (unpaired) electrons. The first kappa shape index (κ1) is 14.9. The first-order valence-electron chi connectivity index (χ1n) is 4.78. The van der Waals surface area contributed by atoms with Gasteiger partial charge in [-0.05, 0) is 31.5 Å². The van der Waals surface area contributed by atoms with Crippen LogP contribution < -0.4 is 10.5 Å². The van der Waals surface area contributed by atoms with Gasteiger partial charge in [-0.1, -0.05) is 5.57 Å². The highest BCUT2D eigenvalue weighted by molar-refractivity contribution is 5.85. The summed E-state index contributed by atoms with van der Waals surface area (Å²) in [7, 11) is 1.54. The Hall–Kier alpha value is -1.06. The Balaban J connectivity index is 0.00000225. The lowest BCUT2D eigenvalue weighted by Crippen LogP contribution is -2.12. The molecule has 90 valence electrons. The number of rotatable bonds is 4. The Labute approximate surface area is 102 Å². The van der Waals surface area contributed by atoms with Crippen molar-refractivity contribution in [3.8, 4) is 5.75 Å². The van der Waals surface area contributed by atoms with E-state index in [1.807, 2.05) is 6.92 Å². The van der Waals surface area contributed by atoms with Crippen molar-refractivity contribution in [1.29, 1.82) is 0 Å². The molecule has 0 unspecified atom stereocenters. The molecule has 0 aliphatic carbocycles. The lowest BCUT2D eigenvalue weighted by atomic mass is 10.0. The second-order valence-electron chi connectivity index (χ2n) is 3.66. The van der Waals surface area contributed by atoms with Crippen molar-refractivity contribution in [1.82, 2.24) is 0 Å². The van der Waals surface area contributed by atoms with Gasteiger partial charge in [-0.3, -0.25) is 0 Å². The predicted octanol–water partition coefficient (Wildman–Crippen LogP) is 3.22. The highest BCUT2D eigenvalue weighted by Gasteiger charge is 2.12. The maximum atomic E-state index is 13.4. The molecule has 0 saturated carbocycles. The molecular weight excluding hydrogens is 229 g/mol. The molecule has 0 bridgehead atoms. The number of ether oxygens (including phenoxy) is 1. The van der Waals surface area contributed by atoms with E-state index in [9.17, 15) is 4.39 Å². The molecule has 1 atom stereocenters. The van der Waals surface area contributed by atoms with Gasteiger partial charge in [0.25, 0.3) is 0 Å². The second kappa shape index (κ2) is 6.51. The summed E-state index contributed by atoms with van der Waals surface area (Å²) < 4.78 is 18.5. The number of benzene rings is 1. The van der Waals surface area contributed by atoms with E-state index in [1.165, 1.54) is 6.07 Å². The highest BCUT2D eigenvalue weighted by atomic mass is 35.5. The minimum Gasteiger partial charge on any atom is -0.497 e. The van der Waals surface area contributed by atoms with Crippen LogP contribution >= 0.6 is 12.4 Å². The molecule has 4 heteroatoms. The molecule has 0 aliphatic rings. The van der Waals surface area contributed by atoms with Gasteiger partial charge in [0.1, 0.15) is 11.6 Å². The van der Waals surface area contributed by atoms with Crippen molar-refractivity contribution in [3.05, 3.63) is 41.7 Å². The maximum Gasteiger partial charge on any atom is 0.128 e. The Morgan fingerprint density at radius 1 is 1.56 bits per heavy atom. The van der Waals surface area contributed by atoms with E-state index >= 15 is 0 Å². The number of methoxy groups -OCH3 is 1. The third-order valence-corrected chi connectivity index (χ3v) is 2.17. The first-order chi connectivity index (χ1) is 7.04. The number of hydrogen-bond acceptors (Lipinski definition) is 2. The number of halogens is 2. The van der Waals surface area contributed by atoms with Crippen LogP contribution in [0.4, 0.5) is 4.39 Å². The van der Waals surface area contributed by atoms with Crippen LogP contribution in [0, 0.1) is 5.82 Å². The van der Waals surface area contributed by atoms with E-state index in [0.717, 1.165) is 5.57 Å². The fraction of sp³-hybridized carbons (Fsp3) is 0.333. The SMILES string of the molecule is C=C(C)C[C@H](N)c1cc(OC)ccc1F.Cl. The molecule has 0 aromatic heterocycles. The van der Waals surface area contributed by atoms with Gasteiger partial charge in [0.05, 0.1) is 7.11 Å². The van der Waals surface area contributed by atoms with Crippen molar-refractivity contribution >= 4 is 12.4 Å². The molecule has 0 fully saturated rings. The fourth-order valence-electron chi connectivity index (χ4n) is 1.42. The van der Waals surface area contributed by atoms with Crippen molar-refractivity contribution in [2.24, 2.45) is 5.73 Å². The first-order valence-corrected chi connectivity index (χ1v) is 4.78. The maximum absolute atomic E-state index is 13.4. The van der Waals surface area contributed by atoms with Gasteiger partial charge in [0, 0.05) is 11.6 Å². The lowest BCUT2D eigenvalue weighted by molar-refractivity contribution is 0.412. The summed E-state index contributed by atoms with van der Waals surface area (Å²) >= 11 is 0. The van der Waals surface area contributed by atoms with E-state index in [4.69, 9.17) is 10.5 Å². The van der Waals surface area contributed by atoms with Crippen LogP contribution in [-0.4, -0.2) is 7.11 Å². The van der Waals surface area contributed by atoms with Gasteiger partial charge in [0.15, 0.2) is 0 Å². The molecule has 16 heavy (non-hydrogen) atoms. The minimum atomic E-state index is -0.363. The third kappa shape index (κ3) is 3.83. The van der Waals surface area contributed by atoms with Gasteiger partial charge in [-0.25, -0.2) is 4.39 Å². The Bertz CT molecular complexity index is 368. The van der Waals surface area contributed by atoms with Gasteiger partial charge in [-0.2, -0.15) is 0 Å². The Morgan fingerprint density at radius 2 is 2.19 bits per heavy atom. The predicted molar refractivity (Wildman–Crippen MR) is 66.6 cm³/mol.